The third-order valence-electron chi connectivity index (χ3n) is 0.302. The molecule has 0 aliphatic rings. The van der Waals surface area contributed by atoms with Crippen molar-refractivity contribution in [2.75, 3.05) is 27.7 Å². The molecule has 0 aliphatic carbocycles. The quantitative estimate of drug-likeness (QED) is 0.690. The molecule has 0 unspecified atom stereocenters. The fraction of sp³-hybridized carbons (Fsp3) is 0.900. The first kappa shape index (κ1) is 23.3. The summed E-state index contributed by atoms with van der Waals surface area (Å²) >= 11 is 0. The average Bonchev–Trinajstić information content (AvgIpc) is 2.08. The molecular weight excluding hydrogens is 182 g/mol. The van der Waals surface area contributed by atoms with E-state index in [4.69, 9.17) is 10.2 Å². The number of nitrogens with zero attached hydrogens (tertiary/aromatic N) is 1. The van der Waals surface area contributed by atoms with Crippen molar-refractivity contribution in [2.45, 2.75) is 34.1 Å². The van der Waals surface area contributed by atoms with Gasteiger partial charge in [-0.3, -0.25) is 4.79 Å². The van der Waals surface area contributed by atoms with Gasteiger partial charge in [0.1, 0.15) is 0 Å². The number of carboxylic acid groups (broad SMARTS) is 1. The smallest absolute Gasteiger partial charge is 0.303 e. The predicted molar refractivity (Wildman–Crippen MR) is 61.6 cm³/mol. The van der Waals surface area contributed by atoms with Crippen LogP contribution in [0.15, 0.2) is 0 Å². The van der Waals surface area contributed by atoms with E-state index in [2.05, 4.69) is 0 Å². The van der Waals surface area contributed by atoms with Crippen LogP contribution in [0.5, 0.6) is 0 Å². The van der Waals surface area contributed by atoms with E-state index in [1.165, 1.54) is 0 Å². The molecule has 2 N–H and O–H groups in total. The molecular formula is C10H27NO3. The number of carboxylic acids is 1. The highest BCUT2D eigenvalue weighted by Gasteiger charge is 1.80. The van der Waals surface area contributed by atoms with E-state index in [0.717, 1.165) is 0 Å². The highest BCUT2D eigenvalue weighted by atomic mass is 16.4. The lowest BCUT2D eigenvalue weighted by Gasteiger charge is -1.90. The number of aliphatic carboxylic acids is 1. The van der Waals surface area contributed by atoms with Crippen LogP contribution in [0.1, 0.15) is 34.1 Å². The normalized spacial score (nSPS) is 6.93. The summed E-state index contributed by atoms with van der Waals surface area (Å²) < 4.78 is 0. The average molecular weight is 209 g/mol. The summed E-state index contributed by atoms with van der Waals surface area (Å²) in [5.74, 6) is -0.745. The van der Waals surface area contributed by atoms with Crippen molar-refractivity contribution in [1.82, 2.24) is 4.90 Å². The zero-order valence-corrected chi connectivity index (χ0v) is 10.7. The summed E-state index contributed by atoms with van der Waals surface area (Å²) in [5.41, 5.74) is 0. The lowest BCUT2D eigenvalue weighted by atomic mass is 10.5. The maximum atomic E-state index is 9.37. The van der Waals surface area contributed by atoms with Crippen molar-refractivity contribution in [2.24, 2.45) is 0 Å². The van der Waals surface area contributed by atoms with Crippen molar-refractivity contribution >= 4 is 5.97 Å². The van der Waals surface area contributed by atoms with Crippen molar-refractivity contribution in [1.29, 1.82) is 0 Å². The van der Waals surface area contributed by atoms with Crippen molar-refractivity contribution in [3.8, 4) is 0 Å². The number of aliphatic hydroxyl groups excluding tert-OH is 1. The molecule has 0 aromatic heterocycles. The van der Waals surface area contributed by atoms with Crippen molar-refractivity contribution in [3.05, 3.63) is 0 Å². The second-order valence-electron chi connectivity index (χ2n) is 2.41. The minimum absolute atomic E-state index is 0.222. The molecule has 0 rings (SSSR count). The first-order valence-corrected chi connectivity index (χ1v) is 4.85. The molecule has 0 atom stereocenters. The Morgan fingerprint density at radius 2 is 1.21 bits per heavy atom. The lowest BCUT2D eigenvalue weighted by molar-refractivity contribution is -0.136. The molecule has 0 aromatic carbocycles. The van der Waals surface area contributed by atoms with Gasteiger partial charge in [-0.1, -0.05) is 20.8 Å². The van der Waals surface area contributed by atoms with Crippen LogP contribution in [-0.4, -0.2) is 48.8 Å². The summed E-state index contributed by atoms with van der Waals surface area (Å²) in [7, 11) is 6.00. The fourth-order valence-corrected chi connectivity index (χ4v) is 0. The SMILES string of the molecule is CC.CCC(=O)O.CCO.CN(C)C. The van der Waals surface area contributed by atoms with Gasteiger partial charge in [-0.15, -0.1) is 0 Å². The minimum Gasteiger partial charge on any atom is -0.481 e. The van der Waals surface area contributed by atoms with Crippen molar-refractivity contribution in [3.63, 3.8) is 0 Å². The van der Waals surface area contributed by atoms with E-state index >= 15 is 0 Å². The van der Waals surface area contributed by atoms with Gasteiger partial charge in [-0.2, -0.15) is 0 Å². The van der Waals surface area contributed by atoms with E-state index in [0.29, 0.717) is 0 Å². The molecule has 0 heterocycles. The van der Waals surface area contributed by atoms with Gasteiger partial charge in [0.05, 0.1) is 0 Å². The molecule has 4 nitrogen and oxygen atoms in total. The summed E-state index contributed by atoms with van der Waals surface area (Å²) in [6.45, 7) is 7.53. The molecule has 0 saturated carbocycles. The van der Waals surface area contributed by atoms with Crippen LogP contribution in [-0.2, 0) is 4.79 Å². The van der Waals surface area contributed by atoms with Gasteiger partial charge in [0.2, 0.25) is 0 Å². The third-order valence-corrected chi connectivity index (χ3v) is 0.302. The van der Waals surface area contributed by atoms with Crippen LogP contribution < -0.4 is 0 Å². The summed E-state index contributed by atoms with van der Waals surface area (Å²) in [6, 6.07) is 0. The molecule has 4 heteroatoms. The highest BCUT2D eigenvalue weighted by Crippen LogP contribution is 1.67. The zero-order chi connectivity index (χ0) is 12.6. The van der Waals surface area contributed by atoms with E-state index < -0.39 is 5.97 Å². The van der Waals surface area contributed by atoms with Crippen LogP contribution in [0, 0.1) is 0 Å². The number of carbonyl (C=O) groups is 1. The molecule has 0 aromatic rings. The molecule has 0 radical (unpaired) electrons. The Labute approximate surface area is 88.6 Å². The molecule has 0 fully saturated rings. The van der Waals surface area contributed by atoms with Crippen LogP contribution in [0.2, 0.25) is 0 Å². The monoisotopic (exact) mass is 209 g/mol. The van der Waals surface area contributed by atoms with Gasteiger partial charge in [0.15, 0.2) is 0 Å². The Morgan fingerprint density at radius 1 is 1.14 bits per heavy atom. The lowest BCUT2D eigenvalue weighted by Crippen LogP contribution is -1.99. The zero-order valence-electron chi connectivity index (χ0n) is 10.7. The van der Waals surface area contributed by atoms with Crippen LogP contribution in [0.3, 0.4) is 0 Å². The minimum atomic E-state index is -0.745. The maximum Gasteiger partial charge on any atom is 0.303 e. The highest BCUT2D eigenvalue weighted by molar-refractivity contribution is 5.66. The second-order valence-corrected chi connectivity index (χ2v) is 2.41. The second kappa shape index (κ2) is 29.4. The maximum absolute atomic E-state index is 9.37. The largest absolute Gasteiger partial charge is 0.481 e. The third kappa shape index (κ3) is 636. The summed E-state index contributed by atoms with van der Waals surface area (Å²) in [4.78, 5) is 11.4. The first-order valence-electron chi connectivity index (χ1n) is 4.85. The number of hydrogen-bond acceptors (Lipinski definition) is 3. The van der Waals surface area contributed by atoms with E-state index in [1.54, 1.807) is 13.8 Å². The van der Waals surface area contributed by atoms with Crippen LogP contribution in [0.4, 0.5) is 0 Å². The Morgan fingerprint density at radius 3 is 1.21 bits per heavy atom. The Kier molecular flexibility index (Phi) is 49.0. The number of hydrogen-bond donors (Lipinski definition) is 2. The van der Waals surface area contributed by atoms with Gasteiger partial charge in [-0.25, -0.2) is 0 Å². The van der Waals surface area contributed by atoms with E-state index in [-0.39, 0.29) is 13.0 Å². The number of aliphatic hydroxyl groups is 1. The van der Waals surface area contributed by atoms with Gasteiger partial charge < -0.3 is 15.1 Å². The van der Waals surface area contributed by atoms with E-state index in [9.17, 15) is 4.79 Å². The summed E-state index contributed by atoms with van der Waals surface area (Å²) in [5, 5.41) is 15.3. The van der Waals surface area contributed by atoms with Crippen LogP contribution >= 0.6 is 0 Å². The molecule has 0 aliphatic heterocycles. The standard InChI is InChI=1S/C3H9N.C3H6O2.C2H6O.C2H6/c1-4(2)3;1-2-3(4)5;1-2-3;1-2/h1-3H3;2H2,1H3,(H,4,5);3H,2H2,1H3;1-2H3. The molecule has 0 saturated heterocycles. The fourth-order valence-electron chi connectivity index (χ4n) is 0. The van der Waals surface area contributed by atoms with Gasteiger partial charge in [0.25, 0.3) is 0 Å². The molecule has 0 amide bonds. The van der Waals surface area contributed by atoms with Crippen LogP contribution in [0.25, 0.3) is 0 Å². The first-order chi connectivity index (χ1) is 6.42. The van der Waals surface area contributed by atoms with Gasteiger partial charge in [0, 0.05) is 13.0 Å². The van der Waals surface area contributed by atoms with Gasteiger partial charge >= 0.3 is 5.97 Å². The molecule has 0 bridgehead atoms. The Bertz CT molecular complexity index is 82.7. The van der Waals surface area contributed by atoms with E-state index in [1.807, 2.05) is 39.9 Å². The summed E-state index contributed by atoms with van der Waals surface area (Å²) in [6.07, 6.45) is 0.222. The van der Waals surface area contributed by atoms with Crippen molar-refractivity contribution < 1.29 is 15.0 Å². The van der Waals surface area contributed by atoms with Gasteiger partial charge in [-0.05, 0) is 28.1 Å². The number of rotatable bonds is 1. The Hall–Kier alpha value is -0.610. The predicted octanol–water partition coefficient (Wildman–Crippen LogP) is 1.68. The molecule has 90 valence electrons. The topological polar surface area (TPSA) is 60.8 Å². The molecule has 0 spiro atoms. The Balaban J connectivity index is -0.0000000505. The molecule has 14 heavy (non-hydrogen) atoms.